The monoisotopic (exact) mass is 159 g/mol. The van der Waals surface area contributed by atoms with Crippen LogP contribution in [0.4, 0.5) is 0 Å². The van der Waals surface area contributed by atoms with Gasteiger partial charge in [-0.25, -0.2) is 0 Å². The first kappa shape index (κ1) is 8.35. The highest BCUT2D eigenvalue weighted by Gasteiger charge is 1.89. The van der Waals surface area contributed by atoms with Crippen molar-refractivity contribution in [2.24, 2.45) is 0 Å². The molecule has 0 spiro atoms. The van der Waals surface area contributed by atoms with Crippen LogP contribution >= 0.6 is 0 Å². The van der Waals surface area contributed by atoms with Crippen molar-refractivity contribution in [3.8, 4) is 6.07 Å². The summed E-state index contributed by atoms with van der Waals surface area (Å²) < 4.78 is 4.76. The molecule has 1 aromatic rings. The van der Waals surface area contributed by atoms with E-state index in [1.54, 1.807) is 31.6 Å². The molecule has 1 aromatic carbocycles. The van der Waals surface area contributed by atoms with Gasteiger partial charge >= 0.3 is 0 Å². The second-order valence-corrected chi connectivity index (χ2v) is 2.28. The van der Waals surface area contributed by atoms with Crippen LogP contribution in [0, 0.1) is 11.3 Å². The Hall–Kier alpha value is -1.75. The summed E-state index contributed by atoms with van der Waals surface area (Å²) in [6, 6.07) is 9.39. The third kappa shape index (κ3) is 2.14. The van der Waals surface area contributed by atoms with E-state index < -0.39 is 0 Å². The molecule has 0 aliphatic heterocycles. The summed E-state index contributed by atoms with van der Waals surface area (Å²) in [5, 5.41) is 8.58. The largest absolute Gasteiger partial charge is 0.504 e. The third-order valence-electron chi connectivity index (χ3n) is 1.41. The van der Waals surface area contributed by atoms with Crippen molar-refractivity contribution in [3.63, 3.8) is 0 Å². The average molecular weight is 159 g/mol. The van der Waals surface area contributed by atoms with E-state index in [0.29, 0.717) is 5.56 Å². The van der Waals surface area contributed by atoms with Gasteiger partial charge in [-0.05, 0) is 23.8 Å². The molecule has 0 saturated carbocycles. The zero-order valence-corrected chi connectivity index (χ0v) is 6.82. The Labute approximate surface area is 71.7 Å². The second kappa shape index (κ2) is 4.20. The van der Waals surface area contributed by atoms with Gasteiger partial charge in [-0.15, -0.1) is 0 Å². The summed E-state index contributed by atoms with van der Waals surface area (Å²) in [6.45, 7) is 0. The molecule has 2 heteroatoms. The lowest BCUT2D eigenvalue weighted by Crippen LogP contribution is -1.76. The first-order valence-electron chi connectivity index (χ1n) is 3.56. The van der Waals surface area contributed by atoms with Crippen LogP contribution in [-0.2, 0) is 4.74 Å². The molecule has 1 rings (SSSR count). The van der Waals surface area contributed by atoms with Crippen molar-refractivity contribution >= 4 is 6.08 Å². The first-order chi connectivity index (χ1) is 5.86. The van der Waals surface area contributed by atoms with Crippen LogP contribution in [0.2, 0.25) is 0 Å². The highest BCUT2D eigenvalue weighted by atomic mass is 16.5. The number of hydrogen-bond donors (Lipinski definition) is 0. The Kier molecular flexibility index (Phi) is 2.92. The lowest BCUT2D eigenvalue weighted by atomic mass is 10.1. The summed E-state index contributed by atoms with van der Waals surface area (Å²) in [5.41, 5.74) is 1.63. The molecule has 0 radical (unpaired) electrons. The van der Waals surface area contributed by atoms with Gasteiger partial charge in [-0.3, -0.25) is 0 Å². The third-order valence-corrected chi connectivity index (χ3v) is 1.41. The van der Waals surface area contributed by atoms with Crippen LogP contribution in [-0.4, -0.2) is 7.11 Å². The predicted molar refractivity (Wildman–Crippen MR) is 47.2 cm³/mol. The Bertz CT molecular complexity index is 323. The van der Waals surface area contributed by atoms with Crippen LogP contribution in [0.5, 0.6) is 0 Å². The molecule has 0 aliphatic carbocycles. The lowest BCUT2D eigenvalue weighted by molar-refractivity contribution is 0.341. The predicted octanol–water partition coefficient (Wildman–Crippen LogP) is 2.18. The minimum atomic E-state index is 0.660. The maximum Gasteiger partial charge on any atom is 0.0991 e. The van der Waals surface area contributed by atoms with E-state index in [2.05, 4.69) is 6.07 Å². The Morgan fingerprint density at radius 3 is 3.00 bits per heavy atom. The first-order valence-corrected chi connectivity index (χ1v) is 3.56. The Morgan fingerprint density at radius 1 is 1.50 bits per heavy atom. The van der Waals surface area contributed by atoms with E-state index in [0.717, 1.165) is 5.56 Å². The summed E-state index contributed by atoms with van der Waals surface area (Å²) in [5.74, 6) is 0. The number of methoxy groups -OCH3 is 1. The van der Waals surface area contributed by atoms with Crippen molar-refractivity contribution in [1.82, 2.24) is 0 Å². The standard InChI is InChI=1S/C10H9NO/c1-12-6-5-9-3-2-4-10(7-9)8-11/h2-7H,1H3. The maximum absolute atomic E-state index is 8.58. The van der Waals surface area contributed by atoms with Crippen LogP contribution in [0.3, 0.4) is 0 Å². The normalized spacial score (nSPS) is 9.67. The molecule has 2 nitrogen and oxygen atoms in total. The van der Waals surface area contributed by atoms with Gasteiger partial charge in [0.05, 0.1) is 25.0 Å². The van der Waals surface area contributed by atoms with Gasteiger partial charge in [-0.2, -0.15) is 5.26 Å². The van der Waals surface area contributed by atoms with Crippen LogP contribution in [0.1, 0.15) is 11.1 Å². The molecular weight excluding hydrogens is 150 g/mol. The molecule has 0 bridgehead atoms. The minimum Gasteiger partial charge on any atom is -0.504 e. The van der Waals surface area contributed by atoms with Crippen molar-refractivity contribution in [2.75, 3.05) is 7.11 Å². The number of benzene rings is 1. The van der Waals surface area contributed by atoms with E-state index in [-0.39, 0.29) is 0 Å². The number of hydrogen-bond acceptors (Lipinski definition) is 2. The van der Waals surface area contributed by atoms with E-state index in [1.165, 1.54) is 0 Å². The van der Waals surface area contributed by atoms with Gasteiger partial charge in [0.2, 0.25) is 0 Å². The topological polar surface area (TPSA) is 33.0 Å². The van der Waals surface area contributed by atoms with Crippen molar-refractivity contribution in [2.45, 2.75) is 0 Å². The maximum atomic E-state index is 8.58. The molecule has 0 N–H and O–H groups in total. The zero-order chi connectivity index (χ0) is 8.81. The van der Waals surface area contributed by atoms with Gasteiger partial charge < -0.3 is 4.74 Å². The highest BCUT2D eigenvalue weighted by molar-refractivity contribution is 5.51. The summed E-state index contributed by atoms with van der Waals surface area (Å²) in [6.07, 6.45) is 3.39. The molecule has 0 aromatic heterocycles. The molecular formula is C10H9NO. The Morgan fingerprint density at radius 2 is 2.33 bits per heavy atom. The van der Waals surface area contributed by atoms with E-state index >= 15 is 0 Å². The van der Waals surface area contributed by atoms with Gasteiger partial charge in [-0.1, -0.05) is 12.1 Å². The lowest BCUT2D eigenvalue weighted by Gasteiger charge is -1.92. The fraction of sp³-hybridized carbons (Fsp3) is 0.100. The van der Waals surface area contributed by atoms with Gasteiger partial charge in [0, 0.05) is 0 Å². The van der Waals surface area contributed by atoms with Crippen molar-refractivity contribution < 1.29 is 4.74 Å². The van der Waals surface area contributed by atoms with E-state index in [4.69, 9.17) is 10.00 Å². The molecule has 0 heterocycles. The van der Waals surface area contributed by atoms with E-state index in [9.17, 15) is 0 Å². The van der Waals surface area contributed by atoms with E-state index in [1.807, 2.05) is 12.1 Å². The second-order valence-electron chi connectivity index (χ2n) is 2.28. The van der Waals surface area contributed by atoms with Crippen LogP contribution < -0.4 is 0 Å². The summed E-state index contributed by atoms with van der Waals surface area (Å²) in [7, 11) is 1.59. The van der Waals surface area contributed by atoms with Gasteiger partial charge in [0.15, 0.2) is 0 Å². The van der Waals surface area contributed by atoms with Crippen LogP contribution in [0.25, 0.3) is 6.08 Å². The minimum absolute atomic E-state index is 0.660. The van der Waals surface area contributed by atoms with Crippen LogP contribution in [0.15, 0.2) is 30.5 Å². The molecule has 0 aliphatic rings. The molecule has 0 unspecified atom stereocenters. The Balaban J connectivity index is 2.88. The highest BCUT2D eigenvalue weighted by Crippen LogP contribution is 2.05. The fourth-order valence-corrected chi connectivity index (χ4v) is 0.858. The molecule has 60 valence electrons. The number of nitrogens with zero attached hydrogens (tertiary/aromatic N) is 1. The quantitative estimate of drug-likeness (QED) is 0.619. The van der Waals surface area contributed by atoms with Gasteiger partial charge in [0.1, 0.15) is 0 Å². The molecule has 0 atom stereocenters. The molecule has 12 heavy (non-hydrogen) atoms. The molecule has 0 saturated heterocycles. The SMILES string of the molecule is COC=Cc1cccc(C#N)c1. The molecule has 0 amide bonds. The zero-order valence-electron chi connectivity index (χ0n) is 6.82. The number of nitriles is 1. The summed E-state index contributed by atoms with van der Waals surface area (Å²) in [4.78, 5) is 0. The summed E-state index contributed by atoms with van der Waals surface area (Å²) >= 11 is 0. The fourth-order valence-electron chi connectivity index (χ4n) is 0.858. The number of rotatable bonds is 2. The number of ether oxygens (including phenoxy) is 1. The average Bonchev–Trinajstić information content (AvgIpc) is 2.15. The smallest absolute Gasteiger partial charge is 0.0991 e. The van der Waals surface area contributed by atoms with Crippen molar-refractivity contribution in [1.29, 1.82) is 5.26 Å². The molecule has 0 fully saturated rings. The van der Waals surface area contributed by atoms with Crippen molar-refractivity contribution in [3.05, 3.63) is 41.7 Å². The van der Waals surface area contributed by atoms with Gasteiger partial charge in [0.25, 0.3) is 0 Å².